The van der Waals surface area contributed by atoms with E-state index in [1.165, 1.54) is 0 Å². The summed E-state index contributed by atoms with van der Waals surface area (Å²) in [6, 6.07) is 2.06. The maximum atomic E-state index is 12.2. The lowest BCUT2D eigenvalue weighted by atomic mass is 9.67. The molecule has 0 aromatic heterocycles. The minimum absolute atomic E-state index is 0.00810. The highest BCUT2D eigenvalue weighted by Gasteiger charge is 2.40. The van der Waals surface area contributed by atoms with Crippen LogP contribution in [0.15, 0.2) is 0 Å². The molecule has 0 N–H and O–H groups in total. The first-order valence-corrected chi connectivity index (χ1v) is 3.17. The number of nitrogens with zero attached hydrogens (tertiary/aromatic N) is 1. The Morgan fingerprint density at radius 2 is 2.33 bits per heavy atom. The van der Waals surface area contributed by atoms with E-state index in [0.717, 1.165) is 0 Å². The maximum absolute atomic E-state index is 12.2. The maximum Gasteiger partial charge on any atom is 0.101 e. The first kappa shape index (κ1) is 6.54. The van der Waals surface area contributed by atoms with Gasteiger partial charge in [0, 0.05) is 6.42 Å². The van der Waals surface area contributed by atoms with E-state index in [4.69, 9.17) is 5.26 Å². The Morgan fingerprint density at radius 1 is 1.78 bits per heavy atom. The number of hydrogen-bond acceptors (Lipinski definition) is 1. The lowest BCUT2D eigenvalue weighted by Gasteiger charge is -2.39. The van der Waals surface area contributed by atoms with Crippen LogP contribution >= 0.6 is 0 Å². The number of halogens is 1. The molecule has 2 heteroatoms. The summed E-state index contributed by atoms with van der Waals surface area (Å²) >= 11 is 0. The van der Waals surface area contributed by atoms with Crippen LogP contribution in [0, 0.1) is 16.7 Å². The SMILES string of the molecule is CC1(CC#N)CC(F)C1. The fourth-order valence-corrected chi connectivity index (χ4v) is 1.34. The van der Waals surface area contributed by atoms with Crippen molar-refractivity contribution in [1.82, 2.24) is 0 Å². The van der Waals surface area contributed by atoms with Gasteiger partial charge in [-0.15, -0.1) is 0 Å². The number of alkyl halides is 1. The van der Waals surface area contributed by atoms with Crippen molar-refractivity contribution < 1.29 is 4.39 Å². The normalized spacial score (nSPS) is 41.2. The molecule has 1 rings (SSSR count). The molecule has 50 valence electrons. The monoisotopic (exact) mass is 127 g/mol. The van der Waals surface area contributed by atoms with Gasteiger partial charge in [-0.1, -0.05) is 6.92 Å². The number of nitriles is 1. The third-order valence-electron chi connectivity index (χ3n) is 1.93. The van der Waals surface area contributed by atoms with Gasteiger partial charge in [-0.2, -0.15) is 5.26 Å². The molecule has 0 atom stereocenters. The van der Waals surface area contributed by atoms with Gasteiger partial charge < -0.3 is 0 Å². The van der Waals surface area contributed by atoms with Gasteiger partial charge in [-0.3, -0.25) is 0 Å². The van der Waals surface area contributed by atoms with E-state index in [9.17, 15) is 4.39 Å². The summed E-state index contributed by atoms with van der Waals surface area (Å²) in [6.45, 7) is 1.96. The minimum Gasteiger partial charge on any atom is -0.247 e. The second-order valence-corrected chi connectivity index (χ2v) is 3.15. The highest BCUT2D eigenvalue weighted by molar-refractivity contribution is 4.96. The molecule has 0 aromatic carbocycles. The highest BCUT2D eigenvalue weighted by Crippen LogP contribution is 2.44. The molecule has 0 spiro atoms. The average Bonchev–Trinajstić information content (AvgIpc) is 1.62. The zero-order valence-corrected chi connectivity index (χ0v) is 5.52. The van der Waals surface area contributed by atoms with Gasteiger partial charge in [-0.05, 0) is 18.3 Å². The van der Waals surface area contributed by atoms with E-state index in [1.807, 2.05) is 6.92 Å². The third-order valence-corrected chi connectivity index (χ3v) is 1.93. The lowest BCUT2D eigenvalue weighted by molar-refractivity contribution is 0.0464. The molecule has 0 radical (unpaired) electrons. The van der Waals surface area contributed by atoms with E-state index in [2.05, 4.69) is 6.07 Å². The fourth-order valence-electron chi connectivity index (χ4n) is 1.34. The Bertz CT molecular complexity index is 141. The van der Waals surface area contributed by atoms with Crippen molar-refractivity contribution in [2.24, 2.45) is 5.41 Å². The summed E-state index contributed by atoms with van der Waals surface area (Å²) in [7, 11) is 0. The van der Waals surface area contributed by atoms with Gasteiger partial charge in [0.05, 0.1) is 6.07 Å². The summed E-state index contributed by atoms with van der Waals surface area (Å²) in [6.07, 6.45) is 1.04. The molecule has 1 nitrogen and oxygen atoms in total. The molecule has 0 aromatic rings. The molecule has 0 bridgehead atoms. The van der Waals surface area contributed by atoms with Crippen LogP contribution in [-0.2, 0) is 0 Å². The smallest absolute Gasteiger partial charge is 0.101 e. The van der Waals surface area contributed by atoms with Crippen molar-refractivity contribution in [3.63, 3.8) is 0 Å². The molecule has 1 fully saturated rings. The van der Waals surface area contributed by atoms with Gasteiger partial charge in [0.15, 0.2) is 0 Å². The Balaban J connectivity index is 2.34. The molecule has 1 aliphatic rings. The van der Waals surface area contributed by atoms with Crippen LogP contribution in [0.5, 0.6) is 0 Å². The fraction of sp³-hybridized carbons (Fsp3) is 0.857. The first-order valence-electron chi connectivity index (χ1n) is 3.17. The largest absolute Gasteiger partial charge is 0.247 e. The second kappa shape index (κ2) is 1.98. The minimum atomic E-state index is -0.636. The predicted octanol–water partition coefficient (Wildman–Crippen LogP) is 2.04. The van der Waals surface area contributed by atoms with E-state index in [-0.39, 0.29) is 5.41 Å². The van der Waals surface area contributed by atoms with Crippen molar-refractivity contribution in [2.75, 3.05) is 0 Å². The zero-order chi connectivity index (χ0) is 6.91. The zero-order valence-electron chi connectivity index (χ0n) is 5.52. The second-order valence-electron chi connectivity index (χ2n) is 3.15. The number of rotatable bonds is 1. The van der Waals surface area contributed by atoms with Gasteiger partial charge in [0.2, 0.25) is 0 Å². The van der Waals surface area contributed by atoms with Crippen LogP contribution in [0.1, 0.15) is 26.2 Å². The van der Waals surface area contributed by atoms with Crippen molar-refractivity contribution >= 4 is 0 Å². The van der Waals surface area contributed by atoms with Crippen LogP contribution in [0.2, 0.25) is 0 Å². The summed E-state index contributed by atoms with van der Waals surface area (Å²) in [5.41, 5.74) is 0.00810. The van der Waals surface area contributed by atoms with Gasteiger partial charge >= 0.3 is 0 Å². The summed E-state index contributed by atoms with van der Waals surface area (Å²) in [5.74, 6) is 0. The van der Waals surface area contributed by atoms with Crippen LogP contribution < -0.4 is 0 Å². The van der Waals surface area contributed by atoms with E-state index < -0.39 is 6.17 Å². The van der Waals surface area contributed by atoms with Crippen LogP contribution in [0.25, 0.3) is 0 Å². The van der Waals surface area contributed by atoms with Crippen molar-refractivity contribution in [3.05, 3.63) is 0 Å². The quantitative estimate of drug-likeness (QED) is 0.528. The Hall–Kier alpha value is -0.580. The van der Waals surface area contributed by atoms with Crippen molar-refractivity contribution in [1.29, 1.82) is 5.26 Å². The van der Waals surface area contributed by atoms with Crippen molar-refractivity contribution in [2.45, 2.75) is 32.4 Å². The van der Waals surface area contributed by atoms with E-state index in [1.54, 1.807) is 0 Å². The molecule has 0 saturated heterocycles. The molecule has 0 amide bonds. The predicted molar refractivity (Wildman–Crippen MR) is 32.5 cm³/mol. The lowest BCUT2D eigenvalue weighted by Crippen LogP contribution is -2.35. The van der Waals surface area contributed by atoms with Crippen LogP contribution in [-0.4, -0.2) is 6.17 Å². The number of hydrogen-bond donors (Lipinski definition) is 0. The van der Waals surface area contributed by atoms with E-state index >= 15 is 0 Å². The summed E-state index contributed by atoms with van der Waals surface area (Å²) in [5, 5.41) is 8.28. The molecule has 0 unspecified atom stereocenters. The van der Waals surface area contributed by atoms with Crippen LogP contribution in [0.4, 0.5) is 4.39 Å². The van der Waals surface area contributed by atoms with Gasteiger partial charge in [0.25, 0.3) is 0 Å². The molecule has 1 aliphatic carbocycles. The average molecular weight is 127 g/mol. The molecule has 0 aliphatic heterocycles. The first-order chi connectivity index (χ1) is 4.16. The topological polar surface area (TPSA) is 23.8 Å². The van der Waals surface area contributed by atoms with Gasteiger partial charge in [-0.25, -0.2) is 4.39 Å². The highest BCUT2D eigenvalue weighted by atomic mass is 19.1. The molecule has 1 saturated carbocycles. The summed E-state index contributed by atoms with van der Waals surface area (Å²) in [4.78, 5) is 0. The standard InChI is InChI=1S/C7H10FN/c1-7(2-3-9)4-6(8)5-7/h6H,2,4-5H2,1H3. The molecular weight excluding hydrogens is 117 g/mol. The Morgan fingerprint density at radius 3 is 2.67 bits per heavy atom. The van der Waals surface area contributed by atoms with Crippen molar-refractivity contribution in [3.8, 4) is 6.07 Å². The Kier molecular flexibility index (Phi) is 1.44. The third kappa shape index (κ3) is 1.21. The van der Waals surface area contributed by atoms with E-state index in [0.29, 0.717) is 19.3 Å². The van der Waals surface area contributed by atoms with Crippen LogP contribution in [0.3, 0.4) is 0 Å². The molecule has 0 heterocycles. The van der Waals surface area contributed by atoms with Gasteiger partial charge in [0.1, 0.15) is 6.17 Å². The molecule has 9 heavy (non-hydrogen) atoms. The molecular formula is C7H10FN. The Labute approximate surface area is 54.5 Å². The summed E-state index contributed by atoms with van der Waals surface area (Å²) < 4.78 is 12.2.